The Morgan fingerprint density at radius 1 is 1.16 bits per heavy atom. The summed E-state index contributed by atoms with van der Waals surface area (Å²) in [5, 5.41) is 0.879. The molecule has 0 fully saturated rings. The Balaban J connectivity index is 0.000000462. The number of amides is 1. The van der Waals surface area contributed by atoms with E-state index in [0.717, 1.165) is 11.6 Å². The van der Waals surface area contributed by atoms with Gasteiger partial charge < -0.3 is 5.32 Å². The van der Waals surface area contributed by atoms with E-state index < -0.39 is 31.5 Å². The van der Waals surface area contributed by atoms with E-state index in [4.69, 9.17) is 9.11 Å². The topological polar surface area (TPSA) is 138 Å². The maximum absolute atomic E-state index is 10.7. The minimum atomic E-state index is -4.21. The lowest BCUT2D eigenvalue weighted by atomic mass is 10.2. The summed E-state index contributed by atoms with van der Waals surface area (Å²) in [5.74, 6) is -0.615. The largest absolute Gasteiger partial charge is 0.334 e. The molecule has 1 rings (SSSR count). The number of carbonyl (C=O) groups excluding carboxylic acids is 1. The van der Waals surface area contributed by atoms with E-state index in [1.807, 2.05) is 0 Å². The van der Waals surface area contributed by atoms with Gasteiger partial charge in [0.25, 0.3) is 20.2 Å². The molecular formula is C15H21NO7S2. The molecule has 0 aromatic heterocycles. The van der Waals surface area contributed by atoms with Crippen LogP contribution in [0.25, 0.3) is 6.08 Å². The minimum absolute atomic E-state index is 0.104. The van der Waals surface area contributed by atoms with Crippen LogP contribution in [0.2, 0.25) is 0 Å². The standard InChI is InChI=1S/C8H8O3S.C7H13NO4S/c1-2-7-3-5-8(6-4-7)12(9,10)11;1-3-5-7(13(10,11)12)8-6(9)4-2/h2-6H,1H2,(H,9,10,11);4,7H,2-3,5H2,1H3,(H,8,9)(H,10,11,12). The highest BCUT2D eigenvalue weighted by atomic mass is 32.2. The Bertz CT molecular complexity index is 797. The zero-order valence-electron chi connectivity index (χ0n) is 13.6. The van der Waals surface area contributed by atoms with Crippen molar-refractivity contribution >= 4 is 32.2 Å². The maximum Gasteiger partial charge on any atom is 0.294 e. The summed E-state index contributed by atoms with van der Waals surface area (Å²) in [4.78, 5) is 10.6. The van der Waals surface area contributed by atoms with Crippen molar-refractivity contribution < 1.29 is 30.7 Å². The van der Waals surface area contributed by atoms with E-state index in [2.05, 4.69) is 18.5 Å². The summed E-state index contributed by atoms with van der Waals surface area (Å²) < 4.78 is 59.8. The molecule has 0 aliphatic heterocycles. The van der Waals surface area contributed by atoms with Crippen molar-refractivity contribution in [2.45, 2.75) is 30.0 Å². The van der Waals surface area contributed by atoms with Gasteiger partial charge in [0.05, 0.1) is 4.90 Å². The molecule has 1 aromatic carbocycles. The lowest BCUT2D eigenvalue weighted by molar-refractivity contribution is -0.116. The van der Waals surface area contributed by atoms with Crippen molar-refractivity contribution in [2.24, 2.45) is 0 Å². The van der Waals surface area contributed by atoms with Gasteiger partial charge in [-0.1, -0.05) is 44.7 Å². The molecule has 0 aliphatic carbocycles. The van der Waals surface area contributed by atoms with E-state index in [1.165, 1.54) is 12.1 Å². The predicted octanol–water partition coefficient (Wildman–Crippen LogP) is 1.88. The molecule has 0 aliphatic rings. The SMILES string of the molecule is C=CC(=O)NC(CCC)S(=O)(=O)O.C=Cc1ccc(S(=O)(=O)O)cc1. The van der Waals surface area contributed by atoms with Gasteiger partial charge in [-0.05, 0) is 30.2 Å². The lowest BCUT2D eigenvalue weighted by Gasteiger charge is -2.12. The van der Waals surface area contributed by atoms with Gasteiger partial charge in [-0.15, -0.1) is 0 Å². The fourth-order valence-corrected chi connectivity index (χ4v) is 2.83. The molecule has 1 atom stereocenters. The molecule has 0 radical (unpaired) electrons. The van der Waals surface area contributed by atoms with Gasteiger partial charge in [0.1, 0.15) is 0 Å². The monoisotopic (exact) mass is 391 g/mol. The number of nitrogens with one attached hydrogen (secondary N) is 1. The summed E-state index contributed by atoms with van der Waals surface area (Å²) in [7, 11) is -8.27. The molecule has 25 heavy (non-hydrogen) atoms. The Morgan fingerprint density at radius 2 is 1.68 bits per heavy atom. The second kappa shape index (κ2) is 10.1. The first-order chi connectivity index (χ1) is 11.5. The van der Waals surface area contributed by atoms with Crippen molar-refractivity contribution in [3.63, 3.8) is 0 Å². The molecule has 0 heterocycles. The third-order valence-electron chi connectivity index (χ3n) is 2.81. The van der Waals surface area contributed by atoms with Gasteiger partial charge in [-0.2, -0.15) is 16.8 Å². The third-order valence-corrected chi connectivity index (χ3v) is 4.75. The van der Waals surface area contributed by atoms with E-state index >= 15 is 0 Å². The van der Waals surface area contributed by atoms with Gasteiger partial charge in [0.15, 0.2) is 5.37 Å². The van der Waals surface area contributed by atoms with Crippen LogP contribution in [0.5, 0.6) is 0 Å². The van der Waals surface area contributed by atoms with Crippen LogP contribution in [0.3, 0.4) is 0 Å². The second-order valence-corrected chi connectivity index (χ2v) is 7.77. The van der Waals surface area contributed by atoms with Crippen LogP contribution >= 0.6 is 0 Å². The van der Waals surface area contributed by atoms with Crippen LogP contribution in [0.1, 0.15) is 25.3 Å². The van der Waals surface area contributed by atoms with E-state index in [0.29, 0.717) is 6.42 Å². The van der Waals surface area contributed by atoms with Crippen LogP contribution in [0.4, 0.5) is 0 Å². The van der Waals surface area contributed by atoms with Gasteiger partial charge in [0, 0.05) is 0 Å². The molecule has 0 bridgehead atoms. The average molecular weight is 391 g/mol. The van der Waals surface area contributed by atoms with Crippen molar-refractivity contribution in [1.29, 1.82) is 0 Å². The fraction of sp³-hybridized carbons (Fsp3) is 0.267. The van der Waals surface area contributed by atoms with Crippen LogP contribution < -0.4 is 5.32 Å². The first-order valence-electron chi connectivity index (χ1n) is 7.05. The lowest BCUT2D eigenvalue weighted by Crippen LogP contribution is -2.39. The van der Waals surface area contributed by atoms with Crippen molar-refractivity contribution in [2.75, 3.05) is 0 Å². The fourth-order valence-electron chi connectivity index (χ4n) is 1.55. The van der Waals surface area contributed by atoms with E-state index in [9.17, 15) is 21.6 Å². The Hall–Kier alpha value is -2.01. The maximum atomic E-state index is 10.7. The third kappa shape index (κ3) is 9.15. The molecule has 0 spiro atoms. The van der Waals surface area contributed by atoms with Gasteiger partial charge in [0.2, 0.25) is 5.91 Å². The molecular weight excluding hydrogens is 370 g/mol. The number of rotatable bonds is 7. The van der Waals surface area contributed by atoms with Crippen LogP contribution in [-0.2, 0) is 25.0 Å². The van der Waals surface area contributed by atoms with E-state index in [1.54, 1.807) is 25.1 Å². The predicted molar refractivity (Wildman–Crippen MR) is 94.9 cm³/mol. The zero-order valence-corrected chi connectivity index (χ0v) is 15.3. The average Bonchev–Trinajstić information content (AvgIpc) is 2.53. The van der Waals surface area contributed by atoms with E-state index in [-0.39, 0.29) is 11.3 Å². The zero-order chi connectivity index (χ0) is 19.7. The normalized spacial score (nSPS) is 12.3. The summed E-state index contributed by atoms with van der Waals surface area (Å²) in [6.45, 7) is 8.43. The number of hydrogen-bond acceptors (Lipinski definition) is 5. The summed E-state index contributed by atoms with van der Waals surface area (Å²) in [6, 6.07) is 5.78. The molecule has 8 nitrogen and oxygen atoms in total. The summed E-state index contributed by atoms with van der Waals surface area (Å²) in [6.07, 6.45) is 3.27. The molecule has 10 heteroatoms. The summed E-state index contributed by atoms with van der Waals surface area (Å²) in [5.41, 5.74) is 0.808. The van der Waals surface area contributed by atoms with Gasteiger partial charge in [-0.25, -0.2) is 0 Å². The molecule has 1 unspecified atom stereocenters. The first-order valence-corrected chi connectivity index (χ1v) is 9.99. The molecule has 0 saturated carbocycles. The number of benzene rings is 1. The summed E-state index contributed by atoms with van der Waals surface area (Å²) >= 11 is 0. The number of carbonyl (C=O) groups is 1. The highest BCUT2D eigenvalue weighted by Gasteiger charge is 2.22. The molecule has 1 amide bonds. The van der Waals surface area contributed by atoms with Gasteiger partial charge in [-0.3, -0.25) is 13.9 Å². The first kappa shape index (κ1) is 23.0. The van der Waals surface area contributed by atoms with Crippen molar-refractivity contribution in [3.05, 3.63) is 49.1 Å². The molecule has 1 aromatic rings. The highest BCUT2D eigenvalue weighted by Crippen LogP contribution is 2.10. The molecule has 140 valence electrons. The Morgan fingerprint density at radius 3 is 2.00 bits per heavy atom. The van der Waals surface area contributed by atoms with Crippen molar-refractivity contribution in [3.8, 4) is 0 Å². The number of hydrogen-bond donors (Lipinski definition) is 3. The van der Waals surface area contributed by atoms with Crippen molar-refractivity contribution in [1.82, 2.24) is 5.32 Å². The smallest absolute Gasteiger partial charge is 0.294 e. The minimum Gasteiger partial charge on any atom is -0.334 e. The Kier molecular flexibility index (Phi) is 9.28. The van der Waals surface area contributed by atoms with Gasteiger partial charge >= 0.3 is 0 Å². The molecule has 3 N–H and O–H groups in total. The highest BCUT2D eigenvalue weighted by molar-refractivity contribution is 7.86. The quantitative estimate of drug-likeness (QED) is 0.476. The molecule has 0 saturated heterocycles. The second-order valence-electron chi connectivity index (χ2n) is 4.75. The van der Waals surface area contributed by atoms with Crippen LogP contribution in [0.15, 0.2) is 48.4 Å². The van der Waals surface area contributed by atoms with Crippen LogP contribution in [-0.4, -0.2) is 37.2 Å². The van der Waals surface area contributed by atoms with Crippen LogP contribution in [0, 0.1) is 0 Å². The Labute approximate surface area is 147 Å².